The minimum Gasteiger partial charge on any atom is -0.493 e. The van der Waals surface area contributed by atoms with Gasteiger partial charge in [-0.1, -0.05) is 30.3 Å². The molecule has 0 fully saturated rings. The number of fused-ring (bicyclic) bond motifs is 1. The summed E-state index contributed by atoms with van der Waals surface area (Å²) in [7, 11) is 0. The van der Waals surface area contributed by atoms with E-state index in [4.69, 9.17) is 16.3 Å². The normalized spacial score (nSPS) is 14.6. The van der Waals surface area contributed by atoms with Crippen molar-refractivity contribution in [2.24, 2.45) is 0 Å². The van der Waals surface area contributed by atoms with E-state index in [1.54, 1.807) is 6.07 Å². The van der Waals surface area contributed by atoms with Gasteiger partial charge >= 0.3 is 0 Å². The molecule has 0 amide bonds. The van der Waals surface area contributed by atoms with Gasteiger partial charge in [0.15, 0.2) is 5.78 Å². The van der Waals surface area contributed by atoms with Crippen LogP contribution in [0.5, 0.6) is 5.75 Å². The van der Waals surface area contributed by atoms with E-state index in [1.807, 2.05) is 42.5 Å². The average molecular weight is 273 g/mol. The van der Waals surface area contributed by atoms with Crippen molar-refractivity contribution in [1.82, 2.24) is 0 Å². The number of ketones is 1. The van der Waals surface area contributed by atoms with Gasteiger partial charge in [-0.3, -0.25) is 4.79 Å². The van der Waals surface area contributed by atoms with Crippen molar-refractivity contribution in [2.45, 2.75) is 11.8 Å². The highest BCUT2D eigenvalue weighted by atomic mass is 35.5. The van der Waals surface area contributed by atoms with Crippen LogP contribution in [0.3, 0.4) is 0 Å². The molecule has 2 aromatic carbocycles. The van der Waals surface area contributed by atoms with E-state index in [9.17, 15) is 4.79 Å². The molecule has 0 bridgehead atoms. The van der Waals surface area contributed by atoms with Crippen LogP contribution in [0, 0.1) is 0 Å². The lowest BCUT2D eigenvalue weighted by atomic mass is 10.00. The topological polar surface area (TPSA) is 26.3 Å². The number of benzene rings is 2. The van der Waals surface area contributed by atoms with Gasteiger partial charge in [-0.25, -0.2) is 0 Å². The molecule has 1 unspecified atom stereocenters. The van der Waals surface area contributed by atoms with E-state index in [0.29, 0.717) is 12.2 Å². The molecule has 2 nitrogen and oxygen atoms in total. The summed E-state index contributed by atoms with van der Waals surface area (Å²) in [6, 6.07) is 14.9. The summed E-state index contributed by atoms with van der Waals surface area (Å²) in [4.78, 5) is 12.4. The van der Waals surface area contributed by atoms with Crippen LogP contribution >= 0.6 is 11.6 Å². The first kappa shape index (κ1) is 12.2. The monoisotopic (exact) mass is 272 g/mol. The number of Topliss-reactive ketones (excluding diaryl/α,β-unsaturated/α-hetero) is 1. The van der Waals surface area contributed by atoms with Crippen molar-refractivity contribution in [3.05, 3.63) is 65.2 Å². The van der Waals surface area contributed by atoms with Crippen LogP contribution in [0.2, 0.25) is 0 Å². The van der Waals surface area contributed by atoms with Crippen LogP contribution in [-0.4, -0.2) is 12.4 Å². The van der Waals surface area contributed by atoms with Gasteiger partial charge in [-0.2, -0.15) is 0 Å². The lowest BCUT2D eigenvalue weighted by Crippen LogP contribution is -2.07. The summed E-state index contributed by atoms with van der Waals surface area (Å²) < 4.78 is 5.43. The van der Waals surface area contributed by atoms with Crippen molar-refractivity contribution < 1.29 is 9.53 Å². The van der Waals surface area contributed by atoms with Gasteiger partial charge in [0.1, 0.15) is 11.1 Å². The standard InChI is InChI=1S/C16H13ClO2/c17-15(11-4-2-1-3-5-11)16(18)13-6-7-14-12(10-13)8-9-19-14/h1-7,10,15H,8-9H2. The average Bonchev–Trinajstić information content (AvgIpc) is 2.94. The molecule has 0 radical (unpaired) electrons. The maximum Gasteiger partial charge on any atom is 0.185 e. The number of ether oxygens (including phenoxy) is 1. The first-order chi connectivity index (χ1) is 9.25. The van der Waals surface area contributed by atoms with Crippen LogP contribution in [0.25, 0.3) is 0 Å². The molecule has 2 aromatic rings. The highest BCUT2D eigenvalue weighted by molar-refractivity contribution is 6.33. The fourth-order valence-corrected chi connectivity index (χ4v) is 2.53. The highest BCUT2D eigenvalue weighted by Crippen LogP contribution is 2.30. The smallest absolute Gasteiger partial charge is 0.185 e. The third-order valence-corrected chi connectivity index (χ3v) is 3.75. The molecule has 1 heterocycles. The lowest BCUT2D eigenvalue weighted by molar-refractivity contribution is 0.0987. The molecular formula is C16H13ClO2. The molecular weight excluding hydrogens is 260 g/mol. The summed E-state index contributed by atoms with van der Waals surface area (Å²) in [5.41, 5.74) is 2.56. The quantitative estimate of drug-likeness (QED) is 0.628. The Morgan fingerprint density at radius 3 is 2.74 bits per heavy atom. The number of halogens is 1. The van der Waals surface area contributed by atoms with Crippen molar-refractivity contribution in [3.63, 3.8) is 0 Å². The second kappa shape index (κ2) is 5.06. The van der Waals surface area contributed by atoms with E-state index >= 15 is 0 Å². The number of rotatable bonds is 3. The molecule has 3 rings (SSSR count). The van der Waals surface area contributed by atoms with Gasteiger partial charge < -0.3 is 4.74 Å². The number of alkyl halides is 1. The molecule has 0 aliphatic carbocycles. The first-order valence-electron chi connectivity index (χ1n) is 6.24. The summed E-state index contributed by atoms with van der Waals surface area (Å²) in [6.07, 6.45) is 0.856. The van der Waals surface area contributed by atoms with Crippen LogP contribution in [0.4, 0.5) is 0 Å². The Kier molecular flexibility index (Phi) is 3.26. The molecule has 96 valence electrons. The van der Waals surface area contributed by atoms with E-state index in [2.05, 4.69) is 0 Å². The van der Waals surface area contributed by atoms with E-state index < -0.39 is 5.38 Å². The van der Waals surface area contributed by atoms with Crippen molar-refractivity contribution in [2.75, 3.05) is 6.61 Å². The first-order valence-corrected chi connectivity index (χ1v) is 6.68. The molecule has 0 aromatic heterocycles. The molecule has 0 saturated carbocycles. The Hall–Kier alpha value is -1.80. The Balaban J connectivity index is 1.88. The lowest BCUT2D eigenvalue weighted by Gasteiger charge is -2.09. The van der Waals surface area contributed by atoms with E-state index in [0.717, 1.165) is 23.3 Å². The second-order valence-electron chi connectivity index (χ2n) is 4.56. The van der Waals surface area contributed by atoms with Gasteiger partial charge in [-0.15, -0.1) is 11.6 Å². The third kappa shape index (κ3) is 2.36. The molecule has 1 aliphatic rings. The second-order valence-corrected chi connectivity index (χ2v) is 4.99. The zero-order valence-electron chi connectivity index (χ0n) is 10.3. The van der Waals surface area contributed by atoms with Gasteiger partial charge in [0, 0.05) is 12.0 Å². The number of hydrogen-bond donors (Lipinski definition) is 0. The Bertz CT molecular complexity index is 607. The van der Waals surface area contributed by atoms with Crippen molar-refractivity contribution >= 4 is 17.4 Å². The molecule has 1 atom stereocenters. The van der Waals surface area contributed by atoms with Crippen LogP contribution in [0.15, 0.2) is 48.5 Å². The molecule has 3 heteroatoms. The van der Waals surface area contributed by atoms with Gasteiger partial charge in [-0.05, 0) is 29.3 Å². The molecule has 0 spiro atoms. The fourth-order valence-electron chi connectivity index (χ4n) is 2.26. The zero-order valence-corrected chi connectivity index (χ0v) is 11.1. The Morgan fingerprint density at radius 2 is 1.95 bits per heavy atom. The summed E-state index contributed by atoms with van der Waals surface area (Å²) in [5.74, 6) is 0.810. The predicted molar refractivity (Wildman–Crippen MR) is 75.0 cm³/mol. The molecule has 1 aliphatic heterocycles. The third-order valence-electron chi connectivity index (χ3n) is 3.30. The predicted octanol–water partition coefficient (Wildman–Crippen LogP) is 3.78. The van der Waals surface area contributed by atoms with Crippen molar-refractivity contribution in [3.8, 4) is 5.75 Å². The fraction of sp³-hybridized carbons (Fsp3) is 0.188. The van der Waals surface area contributed by atoms with Crippen LogP contribution in [-0.2, 0) is 6.42 Å². The largest absolute Gasteiger partial charge is 0.493 e. The number of carbonyl (C=O) groups is 1. The number of carbonyl (C=O) groups excluding carboxylic acids is 1. The van der Waals surface area contributed by atoms with E-state index in [-0.39, 0.29) is 5.78 Å². The SMILES string of the molecule is O=C(c1ccc2c(c1)CCO2)C(Cl)c1ccccc1. The summed E-state index contributed by atoms with van der Waals surface area (Å²) >= 11 is 6.26. The minimum absolute atomic E-state index is 0.0671. The van der Waals surface area contributed by atoms with Crippen LogP contribution < -0.4 is 4.74 Å². The maximum absolute atomic E-state index is 12.4. The van der Waals surface area contributed by atoms with Crippen LogP contribution in [0.1, 0.15) is 26.9 Å². The highest BCUT2D eigenvalue weighted by Gasteiger charge is 2.21. The minimum atomic E-state index is -0.637. The van der Waals surface area contributed by atoms with Crippen molar-refractivity contribution in [1.29, 1.82) is 0 Å². The van der Waals surface area contributed by atoms with Gasteiger partial charge in [0.2, 0.25) is 0 Å². The Morgan fingerprint density at radius 1 is 1.16 bits per heavy atom. The van der Waals surface area contributed by atoms with Gasteiger partial charge in [0.25, 0.3) is 0 Å². The van der Waals surface area contributed by atoms with Gasteiger partial charge in [0.05, 0.1) is 6.61 Å². The number of hydrogen-bond acceptors (Lipinski definition) is 2. The Labute approximate surface area is 117 Å². The molecule has 0 N–H and O–H groups in total. The molecule has 19 heavy (non-hydrogen) atoms. The molecule has 0 saturated heterocycles. The van der Waals surface area contributed by atoms with E-state index in [1.165, 1.54) is 0 Å². The maximum atomic E-state index is 12.4. The summed E-state index contributed by atoms with van der Waals surface area (Å²) in [5, 5.41) is -0.637. The summed E-state index contributed by atoms with van der Waals surface area (Å²) in [6.45, 7) is 0.690. The zero-order chi connectivity index (χ0) is 13.2.